The molecule has 2 saturated heterocycles. The SMILES string of the molecule is O=C(Oc1ccon1)N1CCC2(CC1)CNC2. The second-order valence-electron chi connectivity index (χ2n) is 4.80. The van der Waals surface area contributed by atoms with Crippen LogP contribution in [-0.2, 0) is 0 Å². The van der Waals surface area contributed by atoms with E-state index in [0.29, 0.717) is 5.41 Å². The number of hydrogen-bond acceptors (Lipinski definition) is 5. The van der Waals surface area contributed by atoms with Crippen molar-refractivity contribution in [1.29, 1.82) is 0 Å². The first kappa shape index (κ1) is 10.6. The van der Waals surface area contributed by atoms with Crippen LogP contribution in [0, 0.1) is 5.41 Å². The van der Waals surface area contributed by atoms with Crippen molar-refractivity contribution in [3.8, 4) is 5.88 Å². The molecule has 1 amide bonds. The average Bonchev–Trinajstić information content (AvgIpc) is 2.80. The van der Waals surface area contributed by atoms with Crippen LogP contribution < -0.4 is 10.1 Å². The molecule has 3 heterocycles. The fourth-order valence-corrected chi connectivity index (χ4v) is 2.40. The van der Waals surface area contributed by atoms with Crippen molar-refractivity contribution in [2.75, 3.05) is 26.2 Å². The second kappa shape index (κ2) is 4.03. The van der Waals surface area contributed by atoms with Gasteiger partial charge in [0.1, 0.15) is 6.26 Å². The molecule has 92 valence electrons. The highest BCUT2D eigenvalue weighted by atomic mass is 16.6. The molecular formula is C11H15N3O3. The fraction of sp³-hybridized carbons (Fsp3) is 0.636. The lowest BCUT2D eigenvalue weighted by Gasteiger charge is -2.47. The summed E-state index contributed by atoms with van der Waals surface area (Å²) in [5.74, 6) is 0.223. The topological polar surface area (TPSA) is 67.6 Å². The van der Waals surface area contributed by atoms with Crippen molar-refractivity contribution in [2.24, 2.45) is 5.41 Å². The largest absolute Gasteiger partial charge is 0.416 e. The van der Waals surface area contributed by atoms with E-state index in [1.165, 1.54) is 12.3 Å². The monoisotopic (exact) mass is 237 g/mol. The highest BCUT2D eigenvalue weighted by Crippen LogP contribution is 2.35. The van der Waals surface area contributed by atoms with E-state index in [1.807, 2.05) is 0 Å². The van der Waals surface area contributed by atoms with Gasteiger partial charge in [0.05, 0.1) is 0 Å². The molecule has 2 aliphatic heterocycles. The zero-order valence-electron chi connectivity index (χ0n) is 9.52. The molecule has 1 aromatic heterocycles. The normalized spacial score (nSPS) is 22.2. The molecule has 1 aromatic rings. The predicted molar refractivity (Wildman–Crippen MR) is 58.6 cm³/mol. The average molecular weight is 237 g/mol. The quantitative estimate of drug-likeness (QED) is 0.784. The molecule has 0 aliphatic carbocycles. The van der Waals surface area contributed by atoms with Crippen LogP contribution in [0.25, 0.3) is 0 Å². The summed E-state index contributed by atoms with van der Waals surface area (Å²) < 4.78 is 9.69. The van der Waals surface area contributed by atoms with Gasteiger partial charge in [-0.1, -0.05) is 0 Å². The van der Waals surface area contributed by atoms with Crippen molar-refractivity contribution in [3.63, 3.8) is 0 Å². The lowest BCUT2D eigenvalue weighted by Crippen LogP contribution is -2.59. The Morgan fingerprint density at radius 1 is 1.47 bits per heavy atom. The van der Waals surface area contributed by atoms with Gasteiger partial charge >= 0.3 is 6.09 Å². The molecule has 0 unspecified atom stereocenters. The molecule has 0 saturated carbocycles. The molecule has 0 aromatic carbocycles. The Hall–Kier alpha value is -1.56. The van der Waals surface area contributed by atoms with E-state index in [2.05, 4.69) is 15.0 Å². The van der Waals surface area contributed by atoms with E-state index in [0.717, 1.165) is 39.0 Å². The summed E-state index contributed by atoms with van der Waals surface area (Å²) in [6.07, 6.45) is 3.15. The molecule has 0 atom stereocenters. The van der Waals surface area contributed by atoms with Crippen LogP contribution in [0.5, 0.6) is 5.88 Å². The van der Waals surface area contributed by atoms with E-state index < -0.39 is 0 Å². The minimum Gasteiger partial charge on any atom is -0.388 e. The zero-order valence-corrected chi connectivity index (χ0v) is 9.52. The molecule has 2 fully saturated rings. The lowest BCUT2D eigenvalue weighted by molar-refractivity contribution is 0.0561. The third-order valence-electron chi connectivity index (χ3n) is 3.69. The summed E-state index contributed by atoms with van der Waals surface area (Å²) in [6, 6.07) is 1.53. The Morgan fingerprint density at radius 3 is 2.76 bits per heavy atom. The van der Waals surface area contributed by atoms with Crippen molar-refractivity contribution >= 4 is 6.09 Å². The van der Waals surface area contributed by atoms with Gasteiger partial charge in [0.25, 0.3) is 5.88 Å². The maximum absolute atomic E-state index is 11.8. The summed E-state index contributed by atoms with van der Waals surface area (Å²) in [5.41, 5.74) is 0.435. The highest BCUT2D eigenvalue weighted by Gasteiger charge is 2.40. The smallest absolute Gasteiger partial charge is 0.388 e. The number of carbonyl (C=O) groups excluding carboxylic acids is 1. The standard InChI is InChI=1S/C11H15N3O3/c15-10(17-9-1-6-16-13-9)14-4-2-11(3-5-14)7-12-8-11/h1,6,12H,2-5,7-8H2. The van der Waals surface area contributed by atoms with Gasteiger partial charge in [-0.05, 0) is 23.4 Å². The number of likely N-dealkylation sites (tertiary alicyclic amines) is 1. The number of nitrogens with one attached hydrogen (secondary N) is 1. The van der Waals surface area contributed by atoms with Crippen LogP contribution in [0.1, 0.15) is 12.8 Å². The van der Waals surface area contributed by atoms with Crippen LogP contribution in [-0.4, -0.2) is 42.3 Å². The van der Waals surface area contributed by atoms with Gasteiger partial charge in [0.2, 0.25) is 0 Å². The molecule has 17 heavy (non-hydrogen) atoms. The Labute approximate surface area is 98.9 Å². The van der Waals surface area contributed by atoms with E-state index in [-0.39, 0.29) is 12.0 Å². The Kier molecular flexibility index (Phi) is 2.51. The molecule has 6 heteroatoms. The first-order valence-corrected chi connectivity index (χ1v) is 5.85. The van der Waals surface area contributed by atoms with Gasteiger partial charge in [0.15, 0.2) is 0 Å². The number of piperidine rings is 1. The van der Waals surface area contributed by atoms with Crippen molar-refractivity contribution in [3.05, 3.63) is 12.3 Å². The maximum atomic E-state index is 11.8. The molecule has 0 bridgehead atoms. The van der Waals surface area contributed by atoms with Crippen molar-refractivity contribution in [1.82, 2.24) is 15.4 Å². The summed E-state index contributed by atoms with van der Waals surface area (Å²) in [7, 11) is 0. The minimum absolute atomic E-state index is 0.223. The summed E-state index contributed by atoms with van der Waals surface area (Å²) in [6.45, 7) is 3.69. The first-order valence-electron chi connectivity index (χ1n) is 5.85. The van der Waals surface area contributed by atoms with Gasteiger partial charge < -0.3 is 19.5 Å². The van der Waals surface area contributed by atoms with Crippen molar-refractivity contribution in [2.45, 2.75) is 12.8 Å². The van der Waals surface area contributed by atoms with Crippen LogP contribution in [0.3, 0.4) is 0 Å². The van der Waals surface area contributed by atoms with Gasteiger partial charge in [-0.3, -0.25) is 0 Å². The lowest BCUT2D eigenvalue weighted by atomic mass is 9.73. The fourth-order valence-electron chi connectivity index (χ4n) is 2.40. The number of carbonyl (C=O) groups is 1. The van der Waals surface area contributed by atoms with E-state index in [9.17, 15) is 4.79 Å². The number of ether oxygens (including phenoxy) is 1. The Balaban J connectivity index is 1.54. The van der Waals surface area contributed by atoms with Crippen LogP contribution in [0.4, 0.5) is 4.79 Å². The summed E-state index contributed by atoms with van der Waals surface area (Å²) >= 11 is 0. The minimum atomic E-state index is -0.332. The number of hydrogen-bond donors (Lipinski definition) is 1. The van der Waals surface area contributed by atoms with Crippen molar-refractivity contribution < 1.29 is 14.1 Å². The molecule has 0 radical (unpaired) electrons. The third kappa shape index (κ3) is 2.00. The van der Waals surface area contributed by atoms with E-state index >= 15 is 0 Å². The maximum Gasteiger partial charge on any atom is 0.416 e. The predicted octanol–water partition coefficient (Wildman–Crippen LogP) is 0.859. The molecule has 2 aliphatic rings. The van der Waals surface area contributed by atoms with Gasteiger partial charge in [-0.15, -0.1) is 0 Å². The van der Waals surface area contributed by atoms with Gasteiger partial charge in [0, 0.05) is 32.2 Å². The van der Waals surface area contributed by atoms with Gasteiger partial charge in [-0.2, -0.15) is 0 Å². The highest BCUT2D eigenvalue weighted by molar-refractivity contribution is 5.70. The van der Waals surface area contributed by atoms with E-state index in [4.69, 9.17) is 4.74 Å². The Morgan fingerprint density at radius 2 is 2.24 bits per heavy atom. The molecular weight excluding hydrogens is 222 g/mol. The third-order valence-corrected chi connectivity index (χ3v) is 3.69. The second-order valence-corrected chi connectivity index (χ2v) is 4.80. The number of rotatable bonds is 1. The van der Waals surface area contributed by atoms with Gasteiger partial charge in [-0.25, -0.2) is 4.79 Å². The number of amides is 1. The molecule has 1 spiro atoms. The number of nitrogens with zero attached hydrogens (tertiary/aromatic N) is 2. The summed E-state index contributed by atoms with van der Waals surface area (Å²) in [5, 5.41) is 6.85. The summed E-state index contributed by atoms with van der Waals surface area (Å²) in [4.78, 5) is 13.5. The van der Waals surface area contributed by atoms with Crippen LogP contribution in [0.2, 0.25) is 0 Å². The van der Waals surface area contributed by atoms with E-state index in [1.54, 1.807) is 4.90 Å². The Bertz CT molecular complexity index is 390. The van der Waals surface area contributed by atoms with Crippen LogP contribution in [0.15, 0.2) is 16.9 Å². The molecule has 3 rings (SSSR count). The number of aromatic nitrogens is 1. The molecule has 1 N–H and O–H groups in total. The first-order chi connectivity index (χ1) is 8.27. The molecule has 6 nitrogen and oxygen atoms in total. The van der Waals surface area contributed by atoms with Crippen LogP contribution >= 0.6 is 0 Å². The zero-order chi connectivity index (χ0) is 11.7.